The van der Waals surface area contributed by atoms with Crippen molar-refractivity contribution < 1.29 is 0 Å². The minimum Gasteiger partial charge on any atom is -0.330 e. The highest BCUT2D eigenvalue weighted by molar-refractivity contribution is 5.40. The molecule has 1 aliphatic rings. The fourth-order valence-electron chi connectivity index (χ4n) is 2.76. The van der Waals surface area contributed by atoms with E-state index in [0.29, 0.717) is 11.3 Å². The Morgan fingerprint density at radius 3 is 2.44 bits per heavy atom. The second-order valence-electron chi connectivity index (χ2n) is 5.57. The first-order valence-corrected chi connectivity index (χ1v) is 6.40. The van der Waals surface area contributed by atoms with Crippen LogP contribution in [0.4, 0.5) is 0 Å². The Bertz CT molecular complexity index is 370. The molecule has 88 valence electrons. The lowest BCUT2D eigenvalue weighted by Crippen LogP contribution is -2.42. The molecule has 1 nitrogen and oxygen atoms in total. The molecule has 0 atom stereocenters. The average Bonchev–Trinajstić information content (AvgIpc) is 2.19. The zero-order valence-corrected chi connectivity index (χ0v) is 10.7. The summed E-state index contributed by atoms with van der Waals surface area (Å²) in [5, 5.41) is 0. The van der Waals surface area contributed by atoms with E-state index in [-0.39, 0.29) is 0 Å². The molecule has 1 aromatic rings. The van der Waals surface area contributed by atoms with Gasteiger partial charge in [-0.25, -0.2) is 0 Å². The van der Waals surface area contributed by atoms with Crippen molar-refractivity contribution in [1.82, 2.24) is 0 Å². The molecule has 0 spiro atoms. The van der Waals surface area contributed by atoms with Gasteiger partial charge in [0.05, 0.1) is 0 Å². The van der Waals surface area contributed by atoms with Gasteiger partial charge in [0.15, 0.2) is 0 Å². The first-order valence-electron chi connectivity index (χ1n) is 6.40. The molecule has 0 heterocycles. The summed E-state index contributed by atoms with van der Waals surface area (Å²) in [6.07, 6.45) is 3.88. The van der Waals surface area contributed by atoms with Crippen molar-refractivity contribution in [3.63, 3.8) is 0 Å². The van der Waals surface area contributed by atoms with Crippen molar-refractivity contribution in [2.24, 2.45) is 5.73 Å². The van der Waals surface area contributed by atoms with Crippen LogP contribution in [0.25, 0.3) is 0 Å². The first kappa shape index (κ1) is 11.7. The number of aryl methyl sites for hydroxylation is 1. The van der Waals surface area contributed by atoms with Crippen LogP contribution in [0.1, 0.15) is 55.7 Å². The Morgan fingerprint density at radius 1 is 1.31 bits per heavy atom. The van der Waals surface area contributed by atoms with Gasteiger partial charge in [-0.3, -0.25) is 0 Å². The molecule has 0 unspecified atom stereocenters. The lowest BCUT2D eigenvalue weighted by Gasteiger charge is -2.42. The molecule has 0 aliphatic heterocycles. The highest BCUT2D eigenvalue weighted by atomic mass is 14.6. The van der Waals surface area contributed by atoms with Crippen molar-refractivity contribution in [3.05, 3.63) is 34.9 Å². The summed E-state index contributed by atoms with van der Waals surface area (Å²) in [5.74, 6) is 0.606. The van der Waals surface area contributed by atoms with Gasteiger partial charge in [0.1, 0.15) is 0 Å². The van der Waals surface area contributed by atoms with Crippen LogP contribution in [0.5, 0.6) is 0 Å². The van der Waals surface area contributed by atoms with Crippen LogP contribution in [0.3, 0.4) is 0 Å². The van der Waals surface area contributed by atoms with Crippen LogP contribution in [0.15, 0.2) is 18.2 Å². The van der Waals surface area contributed by atoms with E-state index in [9.17, 15) is 0 Å². The highest BCUT2D eigenvalue weighted by Gasteiger charge is 2.38. The molecule has 1 saturated carbocycles. The van der Waals surface area contributed by atoms with Gasteiger partial charge < -0.3 is 5.73 Å². The van der Waals surface area contributed by atoms with E-state index in [1.165, 1.54) is 36.0 Å². The van der Waals surface area contributed by atoms with Gasteiger partial charge in [-0.1, -0.05) is 38.5 Å². The molecule has 2 N–H and O–H groups in total. The third kappa shape index (κ3) is 1.78. The van der Waals surface area contributed by atoms with E-state index in [0.717, 1.165) is 6.54 Å². The summed E-state index contributed by atoms with van der Waals surface area (Å²) < 4.78 is 0. The van der Waals surface area contributed by atoms with Crippen molar-refractivity contribution >= 4 is 0 Å². The Morgan fingerprint density at radius 2 is 2.00 bits per heavy atom. The smallest absolute Gasteiger partial charge is 0.00783 e. The molecule has 1 heteroatoms. The van der Waals surface area contributed by atoms with E-state index in [4.69, 9.17) is 5.73 Å². The maximum absolute atomic E-state index is 6.00. The van der Waals surface area contributed by atoms with Crippen molar-refractivity contribution in [2.75, 3.05) is 6.54 Å². The van der Waals surface area contributed by atoms with Crippen LogP contribution in [-0.4, -0.2) is 6.54 Å². The number of benzene rings is 1. The van der Waals surface area contributed by atoms with Crippen LogP contribution >= 0.6 is 0 Å². The van der Waals surface area contributed by atoms with Crippen molar-refractivity contribution in [3.8, 4) is 0 Å². The molecule has 0 radical (unpaired) electrons. The standard InChI is InChI=1S/C15H23N/c1-11(2)13-6-5-12(3)14(9-13)15(10-16)7-4-8-15/h5-6,9,11H,4,7-8,10,16H2,1-3H3. The largest absolute Gasteiger partial charge is 0.330 e. The predicted molar refractivity (Wildman–Crippen MR) is 69.9 cm³/mol. The Balaban J connectivity index is 2.42. The van der Waals surface area contributed by atoms with Gasteiger partial charge in [-0.15, -0.1) is 0 Å². The maximum atomic E-state index is 6.00. The van der Waals surface area contributed by atoms with Crippen LogP contribution < -0.4 is 5.73 Å². The number of rotatable bonds is 3. The third-order valence-corrected chi connectivity index (χ3v) is 4.20. The highest BCUT2D eigenvalue weighted by Crippen LogP contribution is 2.44. The molecule has 0 amide bonds. The summed E-state index contributed by atoms with van der Waals surface area (Å²) in [6, 6.07) is 6.92. The minimum atomic E-state index is 0.301. The van der Waals surface area contributed by atoms with E-state index in [1.807, 2.05) is 0 Å². The molecular weight excluding hydrogens is 194 g/mol. The zero-order valence-electron chi connectivity index (χ0n) is 10.7. The second-order valence-corrected chi connectivity index (χ2v) is 5.57. The fraction of sp³-hybridized carbons (Fsp3) is 0.600. The van der Waals surface area contributed by atoms with Gasteiger partial charge in [-0.05, 0) is 42.4 Å². The molecule has 0 saturated heterocycles. The van der Waals surface area contributed by atoms with E-state index in [1.54, 1.807) is 0 Å². The summed E-state index contributed by atoms with van der Waals surface area (Å²) >= 11 is 0. The maximum Gasteiger partial charge on any atom is 0.00783 e. The number of hydrogen-bond acceptors (Lipinski definition) is 1. The van der Waals surface area contributed by atoms with E-state index >= 15 is 0 Å². The van der Waals surface area contributed by atoms with Crippen LogP contribution in [0, 0.1) is 6.92 Å². The Hall–Kier alpha value is -0.820. The normalized spacial score (nSPS) is 18.6. The molecule has 2 rings (SSSR count). The van der Waals surface area contributed by atoms with Crippen molar-refractivity contribution in [2.45, 2.75) is 51.4 Å². The van der Waals surface area contributed by atoms with Gasteiger partial charge in [0, 0.05) is 12.0 Å². The second kappa shape index (κ2) is 4.21. The topological polar surface area (TPSA) is 26.0 Å². The van der Waals surface area contributed by atoms with Gasteiger partial charge in [0.25, 0.3) is 0 Å². The number of nitrogens with two attached hydrogens (primary N) is 1. The van der Waals surface area contributed by atoms with Gasteiger partial charge in [-0.2, -0.15) is 0 Å². The lowest BCUT2D eigenvalue weighted by atomic mass is 9.63. The quantitative estimate of drug-likeness (QED) is 0.824. The van der Waals surface area contributed by atoms with Gasteiger partial charge in [0.2, 0.25) is 0 Å². The van der Waals surface area contributed by atoms with Crippen LogP contribution in [-0.2, 0) is 5.41 Å². The van der Waals surface area contributed by atoms with Crippen molar-refractivity contribution in [1.29, 1.82) is 0 Å². The summed E-state index contributed by atoms with van der Waals surface area (Å²) in [4.78, 5) is 0. The average molecular weight is 217 g/mol. The Labute approximate surface area is 99.0 Å². The van der Waals surface area contributed by atoms with E-state index < -0.39 is 0 Å². The van der Waals surface area contributed by atoms with E-state index in [2.05, 4.69) is 39.0 Å². The lowest BCUT2D eigenvalue weighted by molar-refractivity contribution is 0.251. The summed E-state index contributed by atoms with van der Waals surface area (Å²) in [5.41, 5.74) is 10.7. The Kier molecular flexibility index (Phi) is 3.07. The zero-order chi connectivity index (χ0) is 11.8. The summed E-state index contributed by atoms with van der Waals surface area (Å²) in [7, 11) is 0. The molecule has 0 bridgehead atoms. The molecule has 16 heavy (non-hydrogen) atoms. The fourth-order valence-corrected chi connectivity index (χ4v) is 2.76. The third-order valence-electron chi connectivity index (χ3n) is 4.20. The predicted octanol–water partition coefficient (Wildman–Crippen LogP) is 3.50. The van der Waals surface area contributed by atoms with Crippen LogP contribution in [0.2, 0.25) is 0 Å². The molecule has 1 aliphatic carbocycles. The first-order chi connectivity index (χ1) is 7.59. The molecular formula is C15H23N. The summed E-state index contributed by atoms with van der Waals surface area (Å²) in [6.45, 7) is 7.53. The van der Waals surface area contributed by atoms with Gasteiger partial charge >= 0.3 is 0 Å². The minimum absolute atomic E-state index is 0.301. The molecule has 1 fully saturated rings. The number of hydrogen-bond donors (Lipinski definition) is 1. The molecule has 0 aromatic heterocycles. The monoisotopic (exact) mass is 217 g/mol. The molecule has 1 aromatic carbocycles. The SMILES string of the molecule is Cc1ccc(C(C)C)cc1C1(CN)CCC1.